The number of rotatable bonds is 2. The Balaban J connectivity index is 2.23. The van der Waals surface area contributed by atoms with Crippen molar-refractivity contribution in [2.24, 2.45) is 0 Å². The summed E-state index contributed by atoms with van der Waals surface area (Å²) in [6.45, 7) is 7.62. The van der Waals surface area contributed by atoms with E-state index in [2.05, 4.69) is 21.8 Å². The highest BCUT2D eigenvalue weighted by Crippen LogP contribution is 2.21. The van der Waals surface area contributed by atoms with E-state index in [4.69, 9.17) is 16.3 Å². The Morgan fingerprint density at radius 1 is 1.47 bits per heavy atom. The number of hydrogen-bond donors (Lipinski definition) is 0. The summed E-state index contributed by atoms with van der Waals surface area (Å²) < 4.78 is 5.74. The first kappa shape index (κ1) is 12.6. The highest BCUT2D eigenvalue weighted by Gasteiger charge is 2.26. The van der Waals surface area contributed by atoms with Crippen molar-refractivity contribution < 1.29 is 4.74 Å². The van der Waals surface area contributed by atoms with E-state index >= 15 is 0 Å². The number of alkyl halides is 1. The summed E-state index contributed by atoms with van der Waals surface area (Å²) in [5.74, 6) is 1.47. The van der Waals surface area contributed by atoms with Gasteiger partial charge in [-0.2, -0.15) is 0 Å². The molecule has 0 aliphatic carbocycles. The molecule has 1 saturated heterocycles. The molecule has 2 unspecified atom stereocenters. The van der Waals surface area contributed by atoms with E-state index in [1.165, 1.54) is 0 Å². The van der Waals surface area contributed by atoms with Crippen molar-refractivity contribution in [3.8, 4) is 0 Å². The van der Waals surface area contributed by atoms with E-state index in [1.54, 1.807) is 6.20 Å². The zero-order valence-corrected chi connectivity index (χ0v) is 11.2. The molecule has 0 N–H and O–H groups in total. The summed E-state index contributed by atoms with van der Waals surface area (Å²) in [5, 5.41) is 0. The second-order valence-corrected chi connectivity index (χ2v) is 4.86. The zero-order valence-electron chi connectivity index (χ0n) is 10.5. The van der Waals surface area contributed by atoms with E-state index in [9.17, 15) is 0 Å². The normalized spacial score (nSPS) is 25.1. The van der Waals surface area contributed by atoms with Gasteiger partial charge in [-0.05, 0) is 20.8 Å². The maximum atomic E-state index is 5.88. The van der Waals surface area contributed by atoms with Crippen LogP contribution in [-0.2, 0) is 4.74 Å². The largest absolute Gasteiger partial charge is 0.370 e. The fraction of sp³-hybridized carbons (Fsp3) is 0.667. The molecule has 0 bridgehead atoms. The number of morpholine rings is 1. The van der Waals surface area contributed by atoms with Crippen LogP contribution in [0.4, 0.5) is 5.82 Å². The highest BCUT2D eigenvalue weighted by atomic mass is 35.5. The predicted octanol–water partition coefficient (Wildman–Crippen LogP) is 1.93. The van der Waals surface area contributed by atoms with Gasteiger partial charge in [-0.3, -0.25) is 4.98 Å². The molecule has 2 rings (SSSR count). The number of hydrogen-bond acceptors (Lipinski definition) is 4. The van der Waals surface area contributed by atoms with Gasteiger partial charge in [0.15, 0.2) is 5.82 Å². The third-order valence-electron chi connectivity index (χ3n) is 2.85. The van der Waals surface area contributed by atoms with Crippen LogP contribution < -0.4 is 4.90 Å². The number of halogens is 1. The number of aryl methyl sites for hydroxylation is 2. The molecule has 1 fully saturated rings. The minimum Gasteiger partial charge on any atom is -0.370 e. The molecule has 17 heavy (non-hydrogen) atoms. The first-order valence-corrected chi connectivity index (χ1v) is 6.40. The number of aromatic nitrogens is 2. The van der Waals surface area contributed by atoms with Gasteiger partial charge in [0, 0.05) is 19.3 Å². The maximum Gasteiger partial charge on any atom is 0.150 e. The van der Waals surface area contributed by atoms with Gasteiger partial charge < -0.3 is 9.64 Å². The Bertz CT molecular complexity index is 399. The molecule has 1 aromatic rings. The molecule has 4 nitrogen and oxygen atoms in total. The summed E-state index contributed by atoms with van der Waals surface area (Å²) in [5.41, 5.74) is 1.89. The van der Waals surface area contributed by atoms with Crippen molar-refractivity contribution in [3.63, 3.8) is 0 Å². The molecule has 0 saturated carbocycles. The minimum absolute atomic E-state index is 0.0714. The Morgan fingerprint density at radius 2 is 2.24 bits per heavy atom. The fourth-order valence-electron chi connectivity index (χ4n) is 2.13. The van der Waals surface area contributed by atoms with Gasteiger partial charge in [0.2, 0.25) is 0 Å². The van der Waals surface area contributed by atoms with Crippen molar-refractivity contribution in [2.75, 3.05) is 23.9 Å². The summed E-state index contributed by atoms with van der Waals surface area (Å²) in [7, 11) is 0. The Kier molecular flexibility index (Phi) is 3.84. The van der Waals surface area contributed by atoms with Crippen LogP contribution in [0.5, 0.6) is 0 Å². The summed E-state index contributed by atoms with van der Waals surface area (Å²) >= 11 is 5.88. The maximum absolute atomic E-state index is 5.88. The lowest BCUT2D eigenvalue weighted by molar-refractivity contribution is -0.00363. The van der Waals surface area contributed by atoms with Crippen LogP contribution in [0.2, 0.25) is 0 Å². The van der Waals surface area contributed by atoms with Crippen molar-refractivity contribution in [3.05, 3.63) is 17.6 Å². The number of ether oxygens (including phenoxy) is 1. The zero-order chi connectivity index (χ0) is 12.4. The topological polar surface area (TPSA) is 38.2 Å². The van der Waals surface area contributed by atoms with E-state index < -0.39 is 0 Å². The quantitative estimate of drug-likeness (QED) is 0.757. The van der Waals surface area contributed by atoms with Crippen LogP contribution in [0.1, 0.15) is 18.3 Å². The molecule has 0 radical (unpaired) electrons. The van der Waals surface area contributed by atoms with E-state index in [0.717, 1.165) is 30.3 Å². The summed E-state index contributed by atoms with van der Waals surface area (Å²) in [4.78, 5) is 11.1. The second kappa shape index (κ2) is 5.19. The molecule has 1 aromatic heterocycles. The third kappa shape index (κ3) is 2.87. The molecule has 1 aliphatic rings. The van der Waals surface area contributed by atoms with Crippen molar-refractivity contribution >= 4 is 17.4 Å². The van der Waals surface area contributed by atoms with Crippen LogP contribution in [0.25, 0.3) is 0 Å². The van der Waals surface area contributed by atoms with Crippen LogP contribution in [0.3, 0.4) is 0 Å². The number of nitrogens with zero attached hydrogens (tertiary/aromatic N) is 3. The lowest BCUT2D eigenvalue weighted by atomic mass is 10.2. The first-order valence-electron chi connectivity index (χ1n) is 5.86. The van der Waals surface area contributed by atoms with Crippen LogP contribution in [0, 0.1) is 13.8 Å². The third-order valence-corrected chi connectivity index (χ3v) is 3.19. The van der Waals surface area contributed by atoms with Crippen molar-refractivity contribution in [2.45, 2.75) is 33.0 Å². The highest BCUT2D eigenvalue weighted by molar-refractivity contribution is 6.18. The standard InChI is InChI=1S/C12H18ClN3O/c1-8-5-14-10(3)12(15-8)16-6-9(2)17-11(4-13)7-16/h5,9,11H,4,6-7H2,1-3H3. The van der Waals surface area contributed by atoms with Gasteiger partial charge in [-0.25, -0.2) is 4.98 Å². The van der Waals surface area contributed by atoms with E-state index in [0.29, 0.717) is 5.88 Å². The molecule has 1 aliphatic heterocycles. The number of anilines is 1. The molecule has 0 spiro atoms. The minimum atomic E-state index is 0.0714. The fourth-order valence-corrected chi connectivity index (χ4v) is 2.30. The van der Waals surface area contributed by atoms with Gasteiger partial charge in [-0.1, -0.05) is 0 Å². The smallest absolute Gasteiger partial charge is 0.150 e. The lowest BCUT2D eigenvalue weighted by Gasteiger charge is -2.37. The monoisotopic (exact) mass is 255 g/mol. The van der Waals surface area contributed by atoms with Gasteiger partial charge in [0.05, 0.1) is 29.5 Å². The molecular weight excluding hydrogens is 238 g/mol. The summed E-state index contributed by atoms with van der Waals surface area (Å²) in [6, 6.07) is 0. The van der Waals surface area contributed by atoms with Gasteiger partial charge in [0.25, 0.3) is 0 Å². The lowest BCUT2D eigenvalue weighted by Crippen LogP contribution is -2.48. The first-order chi connectivity index (χ1) is 8.10. The molecule has 2 atom stereocenters. The second-order valence-electron chi connectivity index (χ2n) is 4.55. The van der Waals surface area contributed by atoms with Crippen LogP contribution in [-0.4, -0.2) is 41.1 Å². The Morgan fingerprint density at radius 3 is 2.94 bits per heavy atom. The molecule has 2 heterocycles. The van der Waals surface area contributed by atoms with Crippen LogP contribution in [0.15, 0.2) is 6.20 Å². The van der Waals surface area contributed by atoms with E-state index in [1.807, 2.05) is 13.8 Å². The Hall–Kier alpha value is -0.870. The SMILES string of the molecule is Cc1cnc(C)c(N2CC(C)OC(CCl)C2)n1. The van der Waals surface area contributed by atoms with Gasteiger partial charge in [0.1, 0.15) is 0 Å². The molecule has 0 aromatic carbocycles. The van der Waals surface area contributed by atoms with Gasteiger partial charge in [-0.15, -0.1) is 11.6 Å². The van der Waals surface area contributed by atoms with Crippen LogP contribution >= 0.6 is 11.6 Å². The molecular formula is C12H18ClN3O. The molecule has 94 valence electrons. The molecule has 5 heteroatoms. The molecule has 0 amide bonds. The van der Waals surface area contributed by atoms with Gasteiger partial charge >= 0.3 is 0 Å². The van der Waals surface area contributed by atoms with Crippen molar-refractivity contribution in [1.29, 1.82) is 0 Å². The Labute approximate surface area is 107 Å². The average molecular weight is 256 g/mol. The van der Waals surface area contributed by atoms with Crippen molar-refractivity contribution in [1.82, 2.24) is 9.97 Å². The van der Waals surface area contributed by atoms with E-state index in [-0.39, 0.29) is 12.2 Å². The average Bonchev–Trinajstić information content (AvgIpc) is 2.31. The predicted molar refractivity (Wildman–Crippen MR) is 68.8 cm³/mol. The summed E-state index contributed by atoms with van der Waals surface area (Å²) in [6.07, 6.45) is 2.04.